The van der Waals surface area contributed by atoms with Gasteiger partial charge in [0.1, 0.15) is 0 Å². The van der Waals surface area contributed by atoms with Crippen molar-refractivity contribution < 1.29 is 4.79 Å². The normalized spacial score (nSPS) is 21.3. The van der Waals surface area contributed by atoms with E-state index in [1.807, 2.05) is 25.2 Å². The molecule has 2 unspecified atom stereocenters. The molecule has 1 aromatic carbocycles. The molecule has 2 atom stereocenters. The minimum atomic E-state index is -0.0435. The lowest BCUT2D eigenvalue weighted by atomic mass is 9.94. The van der Waals surface area contributed by atoms with Crippen LogP contribution in [0.5, 0.6) is 0 Å². The second-order valence-electron chi connectivity index (χ2n) is 5.94. The van der Waals surface area contributed by atoms with E-state index in [1.54, 1.807) is 0 Å². The fourth-order valence-corrected chi connectivity index (χ4v) is 2.87. The molecule has 6 nitrogen and oxygen atoms in total. The van der Waals surface area contributed by atoms with E-state index in [0.717, 1.165) is 31.9 Å². The Hall–Kier alpha value is -1.47. The van der Waals surface area contributed by atoms with Gasteiger partial charge in [0.2, 0.25) is 5.91 Å². The zero-order chi connectivity index (χ0) is 15.9. The molecule has 0 radical (unpaired) electrons. The SMILES string of the molecule is CNCCN(C)CC1CNNC1c1cccc(NC(C)=O)c1. The van der Waals surface area contributed by atoms with Crippen LogP contribution in [-0.2, 0) is 4.79 Å². The Morgan fingerprint density at radius 1 is 1.45 bits per heavy atom. The number of hydrogen-bond acceptors (Lipinski definition) is 5. The van der Waals surface area contributed by atoms with Crippen molar-refractivity contribution in [3.63, 3.8) is 0 Å². The quantitative estimate of drug-likeness (QED) is 0.593. The van der Waals surface area contributed by atoms with E-state index in [4.69, 9.17) is 0 Å². The van der Waals surface area contributed by atoms with Gasteiger partial charge >= 0.3 is 0 Å². The van der Waals surface area contributed by atoms with E-state index >= 15 is 0 Å². The molecule has 1 aliphatic rings. The highest BCUT2D eigenvalue weighted by atomic mass is 16.1. The summed E-state index contributed by atoms with van der Waals surface area (Å²) in [6, 6.07) is 8.32. The third-order valence-electron chi connectivity index (χ3n) is 3.95. The Labute approximate surface area is 132 Å². The van der Waals surface area contributed by atoms with Crippen molar-refractivity contribution in [2.24, 2.45) is 5.92 Å². The molecule has 2 rings (SSSR count). The van der Waals surface area contributed by atoms with Gasteiger partial charge in [-0.05, 0) is 31.8 Å². The van der Waals surface area contributed by atoms with Gasteiger partial charge in [-0.25, -0.2) is 5.43 Å². The second-order valence-corrected chi connectivity index (χ2v) is 5.94. The molecule has 6 heteroatoms. The summed E-state index contributed by atoms with van der Waals surface area (Å²) in [6.07, 6.45) is 0. The molecule has 1 fully saturated rings. The van der Waals surface area contributed by atoms with Crippen molar-refractivity contribution in [1.29, 1.82) is 0 Å². The van der Waals surface area contributed by atoms with Crippen LogP contribution in [0.15, 0.2) is 24.3 Å². The van der Waals surface area contributed by atoms with E-state index in [2.05, 4.69) is 39.5 Å². The molecule has 22 heavy (non-hydrogen) atoms. The number of amides is 1. The van der Waals surface area contributed by atoms with Gasteiger partial charge in [0.05, 0.1) is 6.04 Å². The molecule has 0 spiro atoms. The Balaban J connectivity index is 2.02. The molecule has 1 amide bonds. The maximum absolute atomic E-state index is 11.2. The number of carbonyl (C=O) groups excluding carboxylic acids is 1. The molecule has 1 heterocycles. The predicted molar refractivity (Wildman–Crippen MR) is 89.5 cm³/mol. The smallest absolute Gasteiger partial charge is 0.221 e. The van der Waals surface area contributed by atoms with Crippen molar-refractivity contribution in [2.45, 2.75) is 13.0 Å². The van der Waals surface area contributed by atoms with Crippen molar-refractivity contribution in [3.05, 3.63) is 29.8 Å². The Bertz CT molecular complexity index is 493. The fraction of sp³-hybridized carbons (Fsp3) is 0.562. The monoisotopic (exact) mass is 305 g/mol. The first-order valence-electron chi connectivity index (χ1n) is 7.79. The van der Waals surface area contributed by atoms with Gasteiger partial charge in [0.25, 0.3) is 0 Å². The fourth-order valence-electron chi connectivity index (χ4n) is 2.87. The topological polar surface area (TPSA) is 68.4 Å². The maximum atomic E-state index is 11.2. The summed E-state index contributed by atoms with van der Waals surface area (Å²) in [5.74, 6) is 0.451. The lowest BCUT2D eigenvalue weighted by molar-refractivity contribution is -0.114. The first-order chi connectivity index (χ1) is 10.6. The number of benzene rings is 1. The average molecular weight is 305 g/mol. The molecule has 1 saturated heterocycles. The van der Waals surface area contributed by atoms with Gasteiger partial charge in [-0.15, -0.1) is 0 Å². The molecule has 1 aliphatic heterocycles. The zero-order valence-electron chi connectivity index (χ0n) is 13.6. The summed E-state index contributed by atoms with van der Waals surface area (Å²) in [6.45, 7) is 5.52. The van der Waals surface area contributed by atoms with Crippen LogP contribution in [0.25, 0.3) is 0 Å². The highest BCUT2D eigenvalue weighted by Crippen LogP contribution is 2.27. The Morgan fingerprint density at radius 3 is 3.00 bits per heavy atom. The number of rotatable bonds is 7. The van der Waals surface area contributed by atoms with Crippen LogP contribution in [0.3, 0.4) is 0 Å². The molecule has 4 N–H and O–H groups in total. The third-order valence-corrected chi connectivity index (χ3v) is 3.95. The van der Waals surface area contributed by atoms with E-state index < -0.39 is 0 Å². The molecule has 0 aromatic heterocycles. The number of hydrogen-bond donors (Lipinski definition) is 4. The molecule has 122 valence electrons. The molecule has 0 saturated carbocycles. The number of nitrogens with zero attached hydrogens (tertiary/aromatic N) is 1. The van der Waals surface area contributed by atoms with E-state index in [1.165, 1.54) is 12.5 Å². The van der Waals surface area contributed by atoms with Crippen LogP contribution >= 0.6 is 0 Å². The van der Waals surface area contributed by atoms with Crippen LogP contribution in [0.1, 0.15) is 18.5 Å². The van der Waals surface area contributed by atoms with Gasteiger partial charge in [0.15, 0.2) is 0 Å². The Kier molecular flexibility index (Phi) is 6.33. The van der Waals surface area contributed by atoms with Gasteiger partial charge in [0, 0.05) is 44.7 Å². The first kappa shape index (κ1) is 16.9. The summed E-state index contributed by atoms with van der Waals surface area (Å²) in [5, 5.41) is 6.03. The second kappa shape index (κ2) is 8.24. The van der Waals surface area contributed by atoms with Gasteiger partial charge in [-0.2, -0.15) is 0 Å². The summed E-state index contributed by atoms with van der Waals surface area (Å²) in [7, 11) is 4.13. The van der Waals surface area contributed by atoms with Crippen molar-refractivity contribution in [3.8, 4) is 0 Å². The summed E-state index contributed by atoms with van der Waals surface area (Å²) < 4.78 is 0. The van der Waals surface area contributed by atoms with E-state index in [9.17, 15) is 4.79 Å². The molecule has 0 aliphatic carbocycles. The van der Waals surface area contributed by atoms with Crippen molar-refractivity contribution in [1.82, 2.24) is 21.1 Å². The number of anilines is 1. The standard InChI is InChI=1S/C16H27N5O/c1-12(22)19-15-6-4-5-13(9-15)16-14(10-18-20-16)11-21(3)8-7-17-2/h4-6,9,14,16-18,20H,7-8,10-11H2,1-3H3,(H,19,22). The molecule has 0 bridgehead atoms. The van der Waals surface area contributed by atoms with Gasteiger partial charge < -0.3 is 15.5 Å². The Morgan fingerprint density at radius 2 is 2.27 bits per heavy atom. The molecular formula is C16H27N5O. The molecular weight excluding hydrogens is 278 g/mol. The molecule has 1 aromatic rings. The van der Waals surface area contributed by atoms with Crippen LogP contribution in [-0.4, -0.2) is 51.1 Å². The highest BCUT2D eigenvalue weighted by molar-refractivity contribution is 5.88. The third kappa shape index (κ3) is 4.78. The summed E-state index contributed by atoms with van der Waals surface area (Å²) >= 11 is 0. The zero-order valence-corrected chi connectivity index (χ0v) is 13.6. The summed E-state index contributed by atoms with van der Waals surface area (Å²) in [4.78, 5) is 13.6. The van der Waals surface area contributed by atoms with Gasteiger partial charge in [-0.1, -0.05) is 12.1 Å². The first-order valence-corrected chi connectivity index (χ1v) is 7.79. The van der Waals surface area contributed by atoms with E-state index in [-0.39, 0.29) is 11.9 Å². The van der Waals surface area contributed by atoms with Crippen molar-refractivity contribution in [2.75, 3.05) is 45.6 Å². The number of carbonyl (C=O) groups is 1. The maximum Gasteiger partial charge on any atom is 0.221 e. The number of hydrazine groups is 1. The number of likely N-dealkylation sites (N-methyl/N-ethyl adjacent to an activating group) is 2. The highest BCUT2D eigenvalue weighted by Gasteiger charge is 2.29. The predicted octanol–water partition coefficient (Wildman–Crippen LogP) is 0.561. The van der Waals surface area contributed by atoms with Gasteiger partial charge in [-0.3, -0.25) is 10.2 Å². The summed E-state index contributed by atoms with van der Waals surface area (Å²) in [5.41, 5.74) is 8.67. The minimum absolute atomic E-state index is 0.0435. The van der Waals surface area contributed by atoms with Crippen LogP contribution in [0.4, 0.5) is 5.69 Å². The number of nitrogens with one attached hydrogen (secondary N) is 4. The minimum Gasteiger partial charge on any atom is -0.326 e. The van der Waals surface area contributed by atoms with E-state index in [0.29, 0.717) is 5.92 Å². The lowest BCUT2D eigenvalue weighted by Gasteiger charge is -2.25. The average Bonchev–Trinajstić information content (AvgIpc) is 2.92. The van der Waals surface area contributed by atoms with Crippen LogP contribution < -0.4 is 21.5 Å². The van der Waals surface area contributed by atoms with Crippen molar-refractivity contribution >= 4 is 11.6 Å². The van der Waals surface area contributed by atoms with Crippen LogP contribution in [0.2, 0.25) is 0 Å². The van der Waals surface area contributed by atoms with Crippen LogP contribution in [0, 0.1) is 5.92 Å². The largest absolute Gasteiger partial charge is 0.326 e. The lowest BCUT2D eigenvalue weighted by Crippen LogP contribution is -2.34.